The number of halogens is 4. The van der Waals surface area contributed by atoms with Crippen molar-refractivity contribution in [2.75, 3.05) is 17.7 Å². The molecule has 0 aliphatic carbocycles. The van der Waals surface area contributed by atoms with Crippen LogP contribution in [0.1, 0.15) is 47.2 Å². The summed E-state index contributed by atoms with van der Waals surface area (Å²) < 4.78 is 78.6. The van der Waals surface area contributed by atoms with Crippen molar-refractivity contribution in [1.29, 1.82) is 0 Å². The summed E-state index contributed by atoms with van der Waals surface area (Å²) in [5.41, 5.74) is -3.32. The number of carbonyl (C=O) groups is 2. The van der Waals surface area contributed by atoms with Crippen LogP contribution < -0.4 is 5.32 Å². The van der Waals surface area contributed by atoms with Gasteiger partial charge in [-0.15, -0.1) is 0 Å². The van der Waals surface area contributed by atoms with Gasteiger partial charge in [-0.2, -0.15) is 13.2 Å². The molecule has 43 heavy (non-hydrogen) atoms. The molecule has 2 aromatic heterocycles. The monoisotopic (exact) mass is 642 g/mol. The molecular formula is C28H30ClF3N4O6S. The van der Waals surface area contributed by atoms with E-state index < -0.39 is 45.1 Å². The lowest BCUT2D eigenvalue weighted by Crippen LogP contribution is -2.28. The highest BCUT2D eigenvalue weighted by molar-refractivity contribution is 7.91. The Labute approximate surface area is 251 Å². The van der Waals surface area contributed by atoms with Crippen LogP contribution in [-0.2, 0) is 19.3 Å². The van der Waals surface area contributed by atoms with Gasteiger partial charge in [-0.25, -0.2) is 27.6 Å². The molecule has 2 heterocycles. The smallest absolute Gasteiger partial charge is 0.419 e. The second-order valence-electron chi connectivity index (χ2n) is 10.2. The maximum atomic E-state index is 13.6. The minimum atomic E-state index is -4.78. The summed E-state index contributed by atoms with van der Waals surface area (Å²) in [4.78, 5) is 33.5. The van der Waals surface area contributed by atoms with Crippen LogP contribution >= 0.6 is 11.6 Å². The van der Waals surface area contributed by atoms with Gasteiger partial charge in [0.25, 0.3) is 0 Å². The van der Waals surface area contributed by atoms with Crippen LogP contribution in [0.2, 0.25) is 5.02 Å². The molecule has 0 atom stereocenters. The molecule has 0 unspecified atom stereocenters. The number of nitrogens with one attached hydrogen (secondary N) is 1. The second-order valence-corrected chi connectivity index (χ2v) is 12.8. The number of amides is 1. The molecule has 3 rings (SSSR count). The van der Waals surface area contributed by atoms with Gasteiger partial charge in [0.15, 0.2) is 9.84 Å². The third-order valence-electron chi connectivity index (χ3n) is 5.90. The number of aliphatic imine (C=N–C) groups is 1. The lowest BCUT2D eigenvalue weighted by atomic mass is 10.1. The maximum absolute atomic E-state index is 13.6. The number of alkyl halides is 3. The van der Waals surface area contributed by atoms with Crippen molar-refractivity contribution in [3.05, 3.63) is 40.6 Å². The number of hydrogen-bond acceptors (Lipinski definition) is 8. The van der Waals surface area contributed by atoms with Gasteiger partial charge < -0.3 is 9.47 Å². The number of carbonyl (C=O) groups excluding carboxylic acids is 2. The number of aromatic nitrogens is 2. The van der Waals surface area contributed by atoms with Gasteiger partial charge >= 0.3 is 18.4 Å². The minimum absolute atomic E-state index is 0.116. The zero-order valence-corrected chi connectivity index (χ0v) is 25.8. The molecule has 15 heteroatoms. The van der Waals surface area contributed by atoms with E-state index in [0.717, 1.165) is 6.92 Å². The fourth-order valence-corrected chi connectivity index (χ4v) is 5.28. The highest BCUT2D eigenvalue weighted by atomic mass is 35.5. The Balaban J connectivity index is 2.52. The summed E-state index contributed by atoms with van der Waals surface area (Å²) >= 11 is 6.65. The number of benzene rings is 1. The van der Waals surface area contributed by atoms with Crippen molar-refractivity contribution in [2.45, 2.75) is 58.2 Å². The Hall–Kier alpha value is -3.91. The number of ether oxygens (including phenoxy) is 2. The predicted molar refractivity (Wildman–Crippen MR) is 159 cm³/mol. The fraction of sp³-hybridized carbons (Fsp3) is 0.357. The molecule has 1 aromatic carbocycles. The summed E-state index contributed by atoms with van der Waals surface area (Å²) in [5.74, 6) is -0.382. The first kappa shape index (κ1) is 33.6. The van der Waals surface area contributed by atoms with Crippen molar-refractivity contribution >= 4 is 68.7 Å². The first-order chi connectivity index (χ1) is 19.8. The standard InChI is InChI=1S/C28H30ClF3N4O6S/c1-8-41-25(37)34-17-11-10-16-13-20(43(39,40)9-2)23(35-18(16)14-17)24-21(29)22(33-7)19(12-15(3)28(30,31)32)36(24)26(38)42-27(4,5)6/h10-14H,7-9H2,1-6H3,(H,34,37)/b15-12+. The Bertz CT molecular complexity index is 1740. The summed E-state index contributed by atoms with van der Waals surface area (Å²) in [6.07, 6.45) is -6.05. The van der Waals surface area contributed by atoms with E-state index in [2.05, 4.69) is 22.0 Å². The quantitative estimate of drug-likeness (QED) is 0.260. The molecule has 3 aromatic rings. The second kappa shape index (κ2) is 12.4. The zero-order chi connectivity index (χ0) is 32.5. The largest absolute Gasteiger partial charge is 0.450 e. The van der Waals surface area contributed by atoms with Gasteiger partial charge in [-0.1, -0.05) is 24.6 Å². The molecule has 0 aliphatic rings. The van der Waals surface area contributed by atoms with Crippen LogP contribution in [0.25, 0.3) is 28.4 Å². The van der Waals surface area contributed by atoms with Crippen LogP contribution in [0, 0.1) is 0 Å². The average Bonchev–Trinajstić information content (AvgIpc) is 3.17. The van der Waals surface area contributed by atoms with E-state index in [-0.39, 0.29) is 50.6 Å². The average molecular weight is 643 g/mol. The molecule has 0 bridgehead atoms. The lowest BCUT2D eigenvalue weighted by molar-refractivity contribution is -0.0904. The van der Waals surface area contributed by atoms with Crippen molar-refractivity contribution in [1.82, 2.24) is 9.55 Å². The molecule has 10 nitrogen and oxygen atoms in total. The van der Waals surface area contributed by atoms with E-state index >= 15 is 0 Å². The number of allylic oxidation sites excluding steroid dienone is 1. The number of hydrogen-bond donors (Lipinski definition) is 1. The number of rotatable bonds is 7. The van der Waals surface area contributed by atoms with Crippen molar-refractivity contribution < 1.29 is 40.7 Å². The SMILES string of the molecule is C=Nc1c(Cl)c(-c2nc3cc(NC(=O)OCC)ccc3cc2S(=O)(=O)CC)n(C(=O)OC(C)(C)C)c1/C=C(\C)C(F)(F)F. The van der Waals surface area contributed by atoms with Gasteiger partial charge in [0, 0.05) is 16.6 Å². The van der Waals surface area contributed by atoms with E-state index in [4.69, 9.17) is 21.1 Å². The Morgan fingerprint density at radius 1 is 1.19 bits per heavy atom. The first-order valence-electron chi connectivity index (χ1n) is 12.9. The molecule has 232 valence electrons. The first-order valence-corrected chi connectivity index (χ1v) is 14.9. The molecular weight excluding hydrogens is 613 g/mol. The highest BCUT2D eigenvalue weighted by Crippen LogP contribution is 2.45. The molecule has 0 fully saturated rings. The van der Waals surface area contributed by atoms with Crippen LogP contribution in [0.3, 0.4) is 0 Å². The molecule has 0 aliphatic heterocycles. The molecule has 1 N–H and O–H groups in total. The van der Waals surface area contributed by atoms with E-state index in [0.29, 0.717) is 16.0 Å². The van der Waals surface area contributed by atoms with E-state index in [1.54, 1.807) is 6.92 Å². The third kappa shape index (κ3) is 7.36. The summed E-state index contributed by atoms with van der Waals surface area (Å²) in [7, 11) is -4.07. The lowest BCUT2D eigenvalue weighted by Gasteiger charge is -2.22. The molecule has 0 saturated carbocycles. The van der Waals surface area contributed by atoms with Crippen molar-refractivity contribution in [3.63, 3.8) is 0 Å². The maximum Gasteiger partial charge on any atom is 0.419 e. The number of fused-ring (bicyclic) bond motifs is 1. The Morgan fingerprint density at radius 2 is 1.84 bits per heavy atom. The molecule has 0 spiro atoms. The normalized spacial score (nSPS) is 12.7. The number of nitrogens with zero attached hydrogens (tertiary/aromatic N) is 3. The Kier molecular flexibility index (Phi) is 9.66. The molecule has 0 saturated heterocycles. The highest BCUT2D eigenvalue weighted by Gasteiger charge is 2.35. The zero-order valence-electron chi connectivity index (χ0n) is 24.2. The van der Waals surface area contributed by atoms with Crippen LogP contribution in [-0.4, -0.2) is 61.0 Å². The van der Waals surface area contributed by atoms with Gasteiger partial charge in [0.05, 0.1) is 33.5 Å². The van der Waals surface area contributed by atoms with E-state index in [1.807, 2.05) is 0 Å². The summed E-state index contributed by atoms with van der Waals surface area (Å²) in [6, 6.07) is 5.73. The minimum Gasteiger partial charge on any atom is -0.450 e. The van der Waals surface area contributed by atoms with Crippen LogP contribution in [0.15, 0.2) is 39.7 Å². The van der Waals surface area contributed by atoms with Crippen molar-refractivity contribution in [2.24, 2.45) is 4.99 Å². The topological polar surface area (TPSA) is 129 Å². The third-order valence-corrected chi connectivity index (χ3v) is 8.00. The number of pyridine rings is 1. The van der Waals surface area contributed by atoms with E-state index in [1.165, 1.54) is 52.0 Å². The van der Waals surface area contributed by atoms with Gasteiger partial charge in [0.2, 0.25) is 0 Å². The van der Waals surface area contributed by atoms with Gasteiger partial charge in [-0.05, 0) is 65.6 Å². The Morgan fingerprint density at radius 3 is 2.37 bits per heavy atom. The number of anilines is 1. The summed E-state index contributed by atoms with van der Waals surface area (Å²) in [5, 5.41) is 2.47. The van der Waals surface area contributed by atoms with Crippen LogP contribution in [0.4, 0.5) is 34.1 Å². The molecule has 0 radical (unpaired) electrons. The van der Waals surface area contributed by atoms with Crippen LogP contribution in [0.5, 0.6) is 0 Å². The van der Waals surface area contributed by atoms with Gasteiger partial charge in [-0.3, -0.25) is 10.3 Å². The fourth-order valence-electron chi connectivity index (χ4n) is 3.90. The van der Waals surface area contributed by atoms with Crippen molar-refractivity contribution in [3.8, 4) is 11.4 Å². The molecule has 1 amide bonds. The summed E-state index contributed by atoms with van der Waals surface area (Å²) in [6.45, 7) is 11.9. The van der Waals surface area contributed by atoms with Gasteiger partial charge in [0.1, 0.15) is 22.7 Å². The predicted octanol–water partition coefficient (Wildman–Crippen LogP) is 7.80. The van der Waals surface area contributed by atoms with E-state index in [9.17, 15) is 31.2 Å². The number of sulfone groups is 1.